The van der Waals surface area contributed by atoms with Crippen molar-refractivity contribution in [2.24, 2.45) is 0 Å². The summed E-state index contributed by atoms with van der Waals surface area (Å²) in [4.78, 5) is 11.5. The third-order valence-corrected chi connectivity index (χ3v) is 2.44. The van der Waals surface area contributed by atoms with Crippen molar-refractivity contribution < 1.29 is 11.4 Å². The Kier molecular flexibility index (Phi) is 16.0. The Hall–Kier alpha value is -2.33. The third kappa shape index (κ3) is 9.32. The summed E-state index contributed by atoms with van der Waals surface area (Å²) in [6, 6.07) is 6.97. The van der Waals surface area contributed by atoms with Crippen LogP contribution in [-0.4, -0.2) is 11.1 Å². The van der Waals surface area contributed by atoms with Crippen molar-refractivity contribution in [3.63, 3.8) is 0 Å². The minimum absolute atomic E-state index is 0. The Balaban J connectivity index is -0.000000817. The number of para-hydroxylation sites is 1. The van der Waals surface area contributed by atoms with Crippen LogP contribution in [0.5, 0.6) is 0 Å². The molecule has 4 nitrogen and oxygen atoms in total. The molecule has 0 radical (unpaired) electrons. The van der Waals surface area contributed by atoms with Crippen LogP contribution in [0.1, 0.15) is 53.3 Å². The summed E-state index contributed by atoms with van der Waals surface area (Å²) in [6.07, 6.45) is 9.53. The van der Waals surface area contributed by atoms with Crippen LogP contribution in [-0.2, 0) is 0 Å². The molecule has 0 aliphatic heterocycles. The van der Waals surface area contributed by atoms with E-state index < -0.39 is 5.91 Å². The van der Waals surface area contributed by atoms with Crippen molar-refractivity contribution in [3.05, 3.63) is 65.9 Å². The fourth-order valence-corrected chi connectivity index (χ4v) is 1.49. The lowest BCUT2D eigenvalue weighted by Crippen LogP contribution is -2.20. The second kappa shape index (κ2) is 16.0. The first-order chi connectivity index (χ1) is 11.2. The molecule has 4 heteroatoms. The summed E-state index contributed by atoms with van der Waals surface area (Å²) < 4.78 is 0. The molecule has 130 valence electrons. The van der Waals surface area contributed by atoms with Gasteiger partial charge in [0.2, 0.25) is 0 Å². The first-order valence-electron chi connectivity index (χ1n) is 7.99. The number of hydroxylamine groups is 1. The number of hydrogen-bond acceptors (Lipinski definition) is 3. The highest BCUT2D eigenvalue weighted by molar-refractivity contribution is 5.99. The SMILES string of the molecule is CC.CC.C\C=C/C=C\C(=C/C)Nc1ccccc1C(=O)NO.[HH]. The van der Waals surface area contributed by atoms with Crippen LogP contribution in [0.4, 0.5) is 5.69 Å². The number of benzene rings is 1. The molecule has 1 amide bonds. The number of carbonyl (C=O) groups is 1. The molecule has 1 rings (SSSR count). The molecule has 0 bridgehead atoms. The molecular weight excluding hydrogens is 288 g/mol. The van der Waals surface area contributed by atoms with Gasteiger partial charge in [-0.1, -0.05) is 64.1 Å². The molecule has 0 fully saturated rings. The van der Waals surface area contributed by atoms with Crippen LogP contribution in [0.2, 0.25) is 0 Å². The maximum atomic E-state index is 11.5. The number of rotatable bonds is 5. The van der Waals surface area contributed by atoms with Crippen LogP contribution < -0.4 is 10.8 Å². The zero-order chi connectivity index (χ0) is 18.1. The summed E-state index contributed by atoms with van der Waals surface area (Å²) in [5, 5.41) is 11.9. The standard InChI is InChI=1S/C15H18N2O2.2C2H6.H2/c1-3-5-6-9-12(4-2)16-14-11-8-7-10-13(14)15(18)17-19;2*1-2;/h3-11,16,19H,1-2H3,(H,17,18);2*1-2H3;1H/b5-3-,9-6-,12-4+;;;. The Morgan fingerprint density at radius 1 is 1.09 bits per heavy atom. The van der Waals surface area contributed by atoms with E-state index in [4.69, 9.17) is 5.21 Å². The van der Waals surface area contributed by atoms with Crippen molar-refractivity contribution >= 4 is 11.6 Å². The highest BCUT2D eigenvalue weighted by Gasteiger charge is 2.09. The second-order valence-corrected chi connectivity index (χ2v) is 3.74. The van der Waals surface area contributed by atoms with Gasteiger partial charge < -0.3 is 5.32 Å². The fourth-order valence-electron chi connectivity index (χ4n) is 1.49. The first-order valence-corrected chi connectivity index (χ1v) is 7.99. The highest BCUT2D eigenvalue weighted by atomic mass is 16.5. The maximum Gasteiger partial charge on any atom is 0.276 e. The lowest BCUT2D eigenvalue weighted by molar-refractivity contribution is 0.0707. The van der Waals surface area contributed by atoms with E-state index in [9.17, 15) is 4.79 Å². The van der Waals surface area contributed by atoms with E-state index in [0.29, 0.717) is 11.3 Å². The topological polar surface area (TPSA) is 61.4 Å². The van der Waals surface area contributed by atoms with Gasteiger partial charge in [-0.25, -0.2) is 5.48 Å². The largest absolute Gasteiger partial charge is 0.355 e. The van der Waals surface area contributed by atoms with E-state index in [0.717, 1.165) is 5.70 Å². The van der Waals surface area contributed by atoms with E-state index in [1.54, 1.807) is 23.7 Å². The summed E-state index contributed by atoms with van der Waals surface area (Å²) in [5.74, 6) is -0.545. The van der Waals surface area contributed by atoms with Gasteiger partial charge in [-0.3, -0.25) is 10.0 Å². The zero-order valence-corrected chi connectivity index (χ0v) is 15.1. The highest BCUT2D eigenvalue weighted by Crippen LogP contribution is 2.17. The number of hydrogen-bond donors (Lipinski definition) is 3. The molecule has 1 aromatic rings. The minimum Gasteiger partial charge on any atom is -0.355 e. The third-order valence-electron chi connectivity index (χ3n) is 2.44. The van der Waals surface area contributed by atoms with Gasteiger partial charge in [0.25, 0.3) is 5.91 Å². The van der Waals surface area contributed by atoms with Crippen LogP contribution in [0.15, 0.2) is 60.3 Å². The molecule has 0 spiro atoms. The van der Waals surface area contributed by atoms with Gasteiger partial charge in [0, 0.05) is 7.12 Å². The van der Waals surface area contributed by atoms with Gasteiger partial charge in [-0.15, -0.1) is 0 Å². The van der Waals surface area contributed by atoms with E-state index in [1.807, 2.05) is 78.0 Å². The second-order valence-electron chi connectivity index (χ2n) is 3.74. The monoisotopic (exact) mass is 320 g/mol. The van der Waals surface area contributed by atoms with Gasteiger partial charge in [0.05, 0.1) is 11.3 Å². The van der Waals surface area contributed by atoms with Crippen molar-refractivity contribution in [2.75, 3.05) is 5.32 Å². The van der Waals surface area contributed by atoms with Gasteiger partial charge in [0.1, 0.15) is 0 Å². The van der Waals surface area contributed by atoms with Gasteiger partial charge in [-0.2, -0.15) is 0 Å². The van der Waals surface area contributed by atoms with E-state index in [1.165, 1.54) is 0 Å². The van der Waals surface area contributed by atoms with Gasteiger partial charge in [0.15, 0.2) is 0 Å². The summed E-state index contributed by atoms with van der Waals surface area (Å²) in [7, 11) is 0. The van der Waals surface area contributed by atoms with Crippen LogP contribution in [0, 0.1) is 0 Å². The molecule has 23 heavy (non-hydrogen) atoms. The normalized spacial score (nSPS) is 10.5. The lowest BCUT2D eigenvalue weighted by atomic mass is 10.1. The number of carbonyl (C=O) groups excluding carboxylic acids is 1. The number of allylic oxidation sites excluding steroid dienone is 5. The number of amides is 1. The molecule has 1 aromatic carbocycles. The fraction of sp³-hybridized carbons (Fsp3) is 0.316. The Bertz CT molecular complexity index is 524. The van der Waals surface area contributed by atoms with Crippen LogP contribution >= 0.6 is 0 Å². The zero-order valence-electron chi connectivity index (χ0n) is 15.1. The molecular formula is C19H32N2O2. The Morgan fingerprint density at radius 3 is 2.22 bits per heavy atom. The molecule has 0 saturated heterocycles. The van der Waals surface area contributed by atoms with Crippen molar-refractivity contribution in [1.82, 2.24) is 5.48 Å². The first kappa shape index (κ1) is 22.9. The average molecular weight is 320 g/mol. The van der Waals surface area contributed by atoms with E-state index in [-0.39, 0.29) is 1.43 Å². The minimum atomic E-state index is -0.545. The van der Waals surface area contributed by atoms with Gasteiger partial charge in [-0.05, 0) is 32.1 Å². The van der Waals surface area contributed by atoms with Crippen LogP contribution in [0.3, 0.4) is 0 Å². The molecule has 0 heterocycles. The predicted octanol–water partition coefficient (Wildman–Crippen LogP) is 5.55. The average Bonchev–Trinajstić information content (AvgIpc) is 2.64. The molecule has 0 aliphatic rings. The summed E-state index contributed by atoms with van der Waals surface area (Å²) in [6.45, 7) is 11.8. The molecule has 0 aromatic heterocycles. The van der Waals surface area contributed by atoms with E-state index in [2.05, 4.69) is 5.32 Å². The van der Waals surface area contributed by atoms with Crippen LogP contribution in [0.25, 0.3) is 0 Å². The molecule has 0 unspecified atom stereocenters. The smallest absolute Gasteiger partial charge is 0.276 e. The van der Waals surface area contributed by atoms with E-state index >= 15 is 0 Å². The maximum absolute atomic E-state index is 11.5. The summed E-state index contributed by atoms with van der Waals surface area (Å²) >= 11 is 0. The Morgan fingerprint density at radius 2 is 1.70 bits per heavy atom. The summed E-state index contributed by atoms with van der Waals surface area (Å²) in [5.41, 5.74) is 3.51. The predicted molar refractivity (Wildman–Crippen MR) is 102 cm³/mol. The lowest BCUT2D eigenvalue weighted by Gasteiger charge is -2.11. The molecule has 0 aliphatic carbocycles. The Labute approximate surface area is 142 Å². The molecule has 0 atom stereocenters. The van der Waals surface area contributed by atoms with Gasteiger partial charge >= 0.3 is 0 Å². The molecule has 0 saturated carbocycles. The number of anilines is 1. The molecule has 3 N–H and O–H groups in total. The quantitative estimate of drug-likeness (QED) is 0.378. The van der Waals surface area contributed by atoms with Crippen molar-refractivity contribution in [3.8, 4) is 0 Å². The van der Waals surface area contributed by atoms with Crippen molar-refractivity contribution in [1.29, 1.82) is 0 Å². The number of nitrogens with one attached hydrogen (secondary N) is 2. The van der Waals surface area contributed by atoms with Crippen molar-refractivity contribution in [2.45, 2.75) is 41.5 Å².